The zero-order chi connectivity index (χ0) is 18.2. The van der Waals surface area contributed by atoms with Gasteiger partial charge in [-0.3, -0.25) is 9.48 Å². The molecule has 25 heavy (non-hydrogen) atoms. The molecule has 2 aliphatic heterocycles. The van der Waals surface area contributed by atoms with Crippen LogP contribution < -0.4 is 10.2 Å². The molecule has 2 unspecified atom stereocenters. The van der Waals surface area contributed by atoms with E-state index in [1.807, 2.05) is 18.7 Å². The number of carboxylic acid groups (broad SMARTS) is 1. The monoisotopic (exact) mass is 349 g/mol. The number of likely N-dealkylation sites (tertiary alicyclic amines) is 1. The summed E-state index contributed by atoms with van der Waals surface area (Å²) in [7, 11) is 1.93. The zero-order valence-electron chi connectivity index (χ0n) is 15.2. The van der Waals surface area contributed by atoms with Gasteiger partial charge in [0.2, 0.25) is 0 Å². The number of carbonyl (C=O) groups is 2. The quantitative estimate of drug-likeness (QED) is 0.856. The summed E-state index contributed by atoms with van der Waals surface area (Å²) in [6.07, 6.45) is 2.44. The van der Waals surface area contributed by atoms with Crippen LogP contribution in [0, 0.1) is 12.3 Å². The van der Waals surface area contributed by atoms with Crippen molar-refractivity contribution < 1.29 is 14.7 Å². The fourth-order valence-corrected chi connectivity index (χ4v) is 3.77. The number of aliphatic carboxylic acids is 1. The average molecular weight is 349 g/mol. The van der Waals surface area contributed by atoms with Crippen molar-refractivity contribution in [2.45, 2.75) is 39.2 Å². The predicted molar refractivity (Wildman–Crippen MR) is 93.6 cm³/mol. The zero-order valence-corrected chi connectivity index (χ0v) is 15.2. The minimum Gasteiger partial charge on any atom is -0.481 e. The summed E-state index contributed by atoms with van der Waals surface area (Å²) < 4.78 is 1.87. The Morgan fingerprint density at radius 1 is 1.40 bits per heavy atom. The lowest BCUT2D eigenvalue weighted by Crippen LogP contribution is -2.52. The first-order valence-electron chi connectivity index (χ1n) is 8.83. The maximum absolute atomic E-state index is 12.5. The Morgan fingerprint density at radius 2 is 2.16 bits per heavy atom. The number of rotatable bonds is 3. The maximum Gasteiger partial charge on any atom is 0.317 e. The molecule has 138 valence electrons. The Morgan fingerprint density at radius 3 is 2.76 bits per heavy atom. The predicted octanol–water partition coefficient (Wildman–Crippen LogP) is 1.20. The molecule has 0 radical (unpaired) electrons. The molecule has 0 aromatic carbocycles. The van der Waals surface area contributed by atoms with E-state index in [4.69, 9.17) is 0 Å². The first-order chi connectivity index (χ1) is 11.8. The van der Waals surface area contributed by atoms with Crippen LogP contribution in [0.25, 0.3) is 0 Å². The molecule has 2 saturated heterocycles. The van der Waals surface area contributed by atoms with Crippen molar-refractivity contribution in [3.05, 3.63) is 11.8 Å². The highest BCUT2D eigenvalue weighted by Crippen LogP contribution is 2.30. The molecular formula is C17H27N5O3. The van der Waals surface area contributed by atoms with Gasteiger partial charge in [-0.1, -0.05) is 0 Å². The van der Waals surface area contributed by atoms with Crippen molar-refractivity contribution >= 4 is 17.8 Å². The Labute approximate surface area is 147 Å². The molecule has 0 spiro atoms. The van der Waals surface area contributed by atoms with E-state index >= 15 is 0 Å². The smallest absolute Gasteiger partial charge is 0.317 e. The highest BCUT2D eigenvalue weighted by Gasteiger charge is 2.42. The van der Waals surface area contributed by atoms with Crippen LogP contribution in [-0.2, 0) is 11.8 Å². The molecule has 8 heteroatoms. The van der Waals surface area contributed by atoms with Crippen molar-refractivity contribution in [1.29, 1.82) is 0 Å². The topological polar surface area (TPSA) is 90.7 Å². The minimum atomic E-state index is -0.835. The molecule has 0 aliphatic carbocycles. The summed E-state index contributed by atoms with van der Waals surface area (Å²) in [6, 6.07) is 1.97. The third-order valence-electron chi connectivity index (χ3n) is 5.33. The van der Waals surface area contributed by atoms with Gasteiger partial charge in [-0.25, -0.2) is 4.79 Å². The number of nitrogens with one attached hydrogen (secondary N) is 1. The van der Waals surface area contributed by atoms with Gasteiger partial charge in [0.25, 0.3) is 0 Å². The van der Waals surface area contributed by atoms with E-state index < -0.39 is 11.4 Å². The highest BCUT2D eigenvalue weighted by atomic mass is 16.4. The number of hydrogen-bond donors (Lipinski definition) is 2. The number of piperidine rings is 1. The van der Waals surface area contributed by atoms with Crippen LogP contribution in [0.5, 0.6) is 0 Å². The number of aromatic nitrogens is 2. The maximum atomic E-state index is 12.5. The first kappa shape index (κ1) is 17.6. The molecular weight excluding hydrogens is 322 g/mol. The summed E-state index contributed by atoms with van der Waals surface area (Å²) in [6.45, 7) is 6.13. The summed E-state index contributed by atoms with van der Waals surface area (Å²) in [4.78, 5) is 27.7. The van der Waals surface area contributed by atoms with Crippen molar-refractivity contribution in [3.8, 4) is 0 Å². The molecule has 2 atom stereocenters. The van der Waals surface area contributed by atoms with Crippen LogP contribution >= 0.6 is 0 Å². The van der Waals surface area contributed by atoms with Crippen LogP contribution in [-0.4, -0.2) is 64.0 Å². The Bertz CT molecular complexity index is 673. The normalized spacial score (nSPS) is 26.8. The van der Waals surface area contributed by atoms with Crippen LogP contribution in [0.2, 0.25) is 0 Å². The number of amides is 2. The Kier molecular flexibility index (Phi) is 4.62. The van der Waals surface area contributed by atoms with E-state index in [1.165, 1.54) is 0 Å². The molecule has 1 aromatic heterocycles. The lowest BCUT2D eigenvalue weighted by molar-refractivity contribution is -0.147. The second kappa shape index (κ2) is 6.57. The first-order valence-corrected chi connectivity index (χ1v) is 8.83. The van der Waals surface area contributed by atoms with E-state index in [2.05, 4.69) is 21.4 Å². The van der Waals surface area contributed by atoms with E-state index in [1.54, 1.807) is 11.8 Å². The number of carbonyl (C=O) groups excluding carboxylic acids is 1. The second-order valence-electron chi connectivity index (χ2n) is 7.54. The van der Waals surface area contributed by atoms with Gasteiger partial charge >= 0.3 is 12.0 Å². The van der Waals surface area contributed by atoms with Gasteiger partial charge in [-0.15, -0.1) is 0 Å². The van der Waals surface area contributed by atoms with E-state index in [0.29, 0.717) is 13.0 Å². The van der Waals surface area contributed by atoms with Crippen LogP contribution in [0.4, 0.5) is 10.6 Å². The van der Waals surface area contributed by atoms with Gasteiger partial charge in [-0.2, -0.15) is 5.10 Å². The van der Waals surface area contributed by atoms with Crippen molar-refractivity contribution in [2.24, 2.45) is 12.5 Å². The van der Waals surface area contributed by atoms with Gasteiger partial charge in [0.05, 0.1) is 11.1 Å². The van der Waals surface area contributed by atoms with Gasteiger partial charge < -0.3 is 20.2 Å². The number of anilines is 1. The Hall–Kier alpha value is -2.25. The molecule has 1 aromatic rings. The third kappa shape index (κ3) is 3.57. The van der Waals surface area contributed by atoms with Crippen molar-refractivity contribution in [1.82, 2.24) is 20.0 Å². The standard InChI is InChI=1S/C17H27N5O3/c1-12-9-14(20(3)19-12)21-7-4-5-13(10-21)18-16(25)22-8-6-17(2,11-22)15(23)24/h9,13H,4-8,10-11H2,1-3H3,(H,18,25)(H,23,24). The number of nitrogens with zero attached hydrogens (tertiary/aromatic N) is 4. The van der Waals surface area contributed by atoms with Crippen molar-refractivity contribution in [2.75, 3.05) is 31.1 Å². The van der Waals surface area contributed by atoms with Crippen LogP contribution in [0.1, 0.15) is 31.9 Å². The number of carboxylic acids is 1. The molecule has 3 rings (SSSR count). The SMILES string of the molecule is Cc1cc(N2CCCC(NC(=O)N3CCC(C)(C(=O)O)C3)C2)n(C)n1. The largest absolute Gasteiger partial charge is 0.481 e. The average Bonchev–Trinajstić information content (AvgIpc) is 3.11. The molecule has 2 amide bonds. The summed E-state index contributed by atoms with van der Waals surface area (Å²) in [5.41, 5.74) is 0.149. The Balaban J connectivity index is 1.59. The van der Waals surface area contributed by atoms with E-state index in [9.17, 15) is 14.7 Å². The molecule has 3 heterocycles. The summed E-state index contributed by atoms with van der Waals surface area (Å²) in [5, 5.41) is 16.8. The fourth-order valence-electron chi connectivity index (χ4n) is 3.77. The molecule has 2 aliphatic rings. The highest BCUT2D eigenvalue weighted by molar-refractivity contribution is 5.79. The van der Waals surface area contributed by atoms with Gasteiger partial charge in [0.1, 0.15) is 5.82 Å². The number of hydrogen-bond acceptors (Lipinski definition) is 4. The minimum absolute atomic E-state index is 0.0631. The van der Waals surface area contributed by atoms with Gasteiger partial charge in [-0.05, 0) is 33.1 Å². The fraction of sp³-hybridized carbons (Fsp3) is 0.706. The third-order valence-corrected chi connectivity index (χ3v) is 5.33. The molecule has 8 nitrogen and oxygen atoms in total. The van der Waals surface area contributed by atoms with Gasteiger partial charge in [0.15, 0.2) is 0 Å². The summed E-state index contributed by atoms with van der Waals surface area (Å²) >= 11 is 0. The van der Waals surface area contributed by atoms with E-state index in [-0.39, 0.29) is 18.6 Å². The van der Waals surface area contributed by atoms with Crippen LogP contribution in [0.3, 0.4) is 0 Å². The second-order valence-corrected chi connectivity index (χ2v) is 7.54. The van der Waals surface area contributed by atoms with Gasteiger partial charge in [0, 0.05) is 45.3 Å². The molecule has 2 fully saturated rings. The lowest BCUT2D eigenvalue weighted by atomic mass is 9.90. The molecule has 0 saturated carbocycles. The molecule has 2 N–H and O–H groups in total. The van der Waals surface area contributed by atoms with Crippen molar-refractivity contribution in [3.63, 3.8) is 0 Å². The van der Waals surface area contributed by atoms with Crippen LogP contribution in [0.15, 0.2) is 6.07 Å². The lowest BCUT2D eigenvalue weighted by Gasteiger charge is -2.35. The molecule has 0 bridgehead atoms. The number of aryl methyl sites for hydroxylation is 2. The summed E-state index contributed by atoms with van der Waals surface area (Å²) in [5.74, 6) is 0.231. The van der Waals surface area contributed by atoms with E-state index in [0.717, 1.165) is 37.4 Å². The number of urea groups is 1.